The highest BCUT2D eigenvalue weighted by Crippen LogP contribution is 2.32. The maximum Gasteiger partial charge on any atom is 0.265 e. The lowest BCUT2D eigenvalue weighted by atomic mass is 10.1. The van der Waals surface area contributed by atoms with Crippen molar-refractivity contribution in [2.75, 3.05) is 46.3 Å². The van der Waals surface area contributed by atoms with Crippen LogP contribution in [0.3, 0.4) is 0 Å². The zero-order chi connectivity index (χ0) is 42.9. The number of benzene rings is 2. The molecule has 332 valence electrons. The molecule has 2 atom stereocenters. The van der Waals surface area contributed by atoms with Gasteiger partial charge in [0.2, 0.25) is 0 Å². The lowest BCUT2D eigenvalue weighted by Crippen LogP contribution is -2.19. The highest BCUT2D eigenvalue weighted by Gasteiger charge is 2.24. The molecule has 22 heteroatoms. The molecular formula is C37H52Cl2F4N6O6S4. The average Bonchev–Trinajstić information content (AvgIpc) is 3.77. The number of aliphatic hydroxyl groups is 2. The zero-order valence-corrected chi connectivity index (χ0v) is 36.0. The van der Waals surface area contributed by atoms with Crippen LogP contribution in [0.5, 0.6) is 0 Å². The number of nitrogens with one attached hydrogen (secondary N) is 4. The Kier molecular flexibility index (Phi) is 22.8. The van der Waals surface area contributed by atoms with Gasteiger partial charge < -0.3 is 32.3 Å². The van der Waals surface area contributed by atoms with E-state index in [1.807, 2.05) is 0 Å². The molecule has 10 N–H and O–H groups in total. The summed E-state index contributed by atoms with van der Waals surface area (Å²) in [6, 6.07) is 8.85. The lowest BCUT2D eigenvalue weighted by molar-refractivity contribution is 0.168. The molecule has 4 aromatic rings. The van der Waals surface area contributed by atoms with Gasteiger partial charge in [0.25, 0.3) is 20.0 Å². The van der Waals surface area contributed by atoms with Gasteiger partial charge in [-0.15, -0.1) is 0 Å². The van der Waals surface area contributed by atoms with E-state index in [9.17, 15) is 44.6 Å². The third-order valence-electron chi connectivity index (χ3n) is 8.34. The first kappa shape index (κ1) is 52.2. The minimum atomic E-state index is -4.24. The van der Waals surface area contributed by atoms with Crippen LogP contribution < -0.4 is 31.5 Å². The van der Waals surface area contributed by atoms with Crippen LogP contribution in [0.4, 0.5) is 38.9 Å². The topological polar surface area (TPSA) is 209 Å². The van der Waals surface area contributed by atoms with Crippen molar-refractivity contribution >= 4 is 87.3 Å². The van der Waals surface area contributed by atoms with E-state index in [1.54, 1.807) is 0 Å². The van der Waals surface area contributed by atoms with E-state index >= 15 is 0 Å². The summed E-state index contributed by atoms with van der Waals surface area (Å²) in [5, 5.41) is 23.8. The number of sulfonamides is 2. The maximum atomic E-state index is 14.4. The van der Waals surface area contributed by atoms with Gasteiger partial charge in [-0.2, -0.15) is 8.78 Å². The molecular weight excluding hydrogens is 900 g/mol. The summed E-state index contributed by atoms with van der Waals surface area (Å²) in [6.45, 7) is 1.60. The minimum absolute atomic E-state index is 0. The second-order valence-electron chi connectivity index (χ2n) is 13.0. The summed E-state index contributed by atoms with van der Waals surface area (Å²) >= 11 is 13.4. The molecule has 0 amide bonds. The quantitative estimate of drug-likeness (QED) is 0.0247. The van der Waals surface area contributed by atoms with E-state index in [4.69, 9.17) is 34.7 Å². The van der Waals surface area contributed by atoms with Gasteiger partial charge in [0.1, 0.15) is 31.4 Å². The van der Waals surface area contributed by atoms with Crippen LogP contribution in [0.15, 0.2) is 58.3 Å². The Bertz CT molecular complexity index is 1970. The van der Waals surface area contributed by atoms with E-state index in [0.29, 0.717) is 60.0 Å². The van der Waals surface area contributed by atoms with E-state index in [0.717, 1.165) is 87.8 Å². The number of unbranched alkanes of at least 4 members (excludes halogenated alkanes) is 6. The van der Waals surface area contributed by atoms with Crippen LogP contribution in [-0.4, -0.2) is 65.4 Å². The fraction of sp³-hybridized carbons (Fsp3) is 0.459. The van der Waals surface area contributed by atoms with E-state index in [1.165, 1.54) is 12.1 Å². The van der Waals surface area contributed by atoms with Gasteiger partial charge in [0.15, 0.2) is 10.3 Å². The van der Waals surface area contributed by atoms with E-state index in [2.05, 4.69) is 20.1 Å². The van der Waals surface area contributed by atoms with Crippen LogP contribution in [0.1, 0.15) is 71.6 Å². The Morgan fingerprint density at radius 3 is 1.27 bits per heavy atom. The Balaban J connectivity index is 0.000000400. The highest BCUT2D eigenvalue weighted by atomic mass is 35.5. The molecule has 0 aliphatic carbocycles. The van der Waals surface area contributed by atoms with Crippen LogP contribution in [0, 0.1) is 21.9 Å². The first-order valence-electron chi connectivity index (χ1n) is 18.2. The third kappa shape index (κ3) is 17.9. The smallest absolute Gasteiger partial charge is 0.265 e. The molecule has 0 radical (unpaired) electrons. The molecule has 0 aliphatic rings. The van der Waals surface area contributed by atoms with Gasteiger partial charge >= 0.3 is 0 Å². The van der Waals surface area contributed by atoms with Crippen LogP contribution >= 0.6 is 45.9 Å². The SMILES string of the molecule is C.NC[C@@H](O)CCCCCCNc1cc(F)c(S(=O)(=O)Nc2ccc(F)s2)cc1Cl.NC[C@H](O)CCCCCCNc1cc(F)c(S(=O)(=O)Nc2ccc(F)s2)cc1Cl. The molecule has 0 aliphatic heterocycles. The first-order chi connectivity index (χ1) is 27.4. The van der Waals surface area contributed by atoms with Crippen molar-refractivity contribution in [3.8, 4) is 0 Å². The number of nitrogens with two attached hydrogens (primary N) is 2. The molecule has 0 saturated carbocycles. The van der Waals surface area contributed by atoms with Gasteiger partial charge in [-0.1, -0.05) is 91.8 Å². The Hall–Kier alpha value is -2.92. The summed E-state index contributed by atoms with van der Waals surface area (Å²) in [6.07, 6.45) is 7.49. The van der Waals surface area contributed by atoms with Gasteiger partial charge in [0, 0.05) is 26.2 Å². The fourth-order valence-electron chi connectivity index (χ4n) is 5.25. The number of hydrogen-bond donors (Lipinski definition) is 8. The zero-order valence-electron chi connectivity index (χ0n) is 31.3. The molecule has 0 unspecified atom stereocenters. The van der Waals surface area contributed by atoms with Crippen LogP contribution in [0.2, 0.25) is 10.0 Å². The Morgan fingerprint density at radius 1 is 0.593 bits per heavy atom. The molecule has 4 rings (SSSR count). The molecule has 2 aromatic carbocycles. The van der Waals surface area contributed by atoms with E-state index in [-0.39, 0.29) is 40.6 Å². The van der Waals surface area contributed by atoms with Crippen molar-refractivity contribution in [1.82, 2.24) is 0 Å². The number of rotatable bonds is 24. The summed E-state index contributed by atoms with van der Waals surface area (Å²) in [4.78, 5) is -1.22. The minimum Gasteiger partial charge on any atom is -0.392 e. The maximum absolute atomic E-state index is 14.4. The number of thiophene rings is 2. The fourth-order valence-corrected chi connectivity index (χ4v) is 9.86. The average molecular weight is 952 g/mol. The predicted octanol–water partition coefficient (Wildman–Crippen LogP) is 8.96. The Labute approximate surface area is 361 Å². The summed E-state index contributed by atoms with van der Waals surface area (Å²) in [7, 11) is -8.48. The van der Waals surface area contributed by atoms with Gasteiger partial charge in [0.05, 0.1) is 33.6 Å². The third-order valence-corrected chi connectivity index (χ3v) is 13.6. The summed E-state index contributed by atoms with van der Waals surface area (Å²) < 4.78 is 109. The standard InChI is InChI=1S/2C18H24ClF2N3O3S2.CH4/c2*19-13-9-16(29(26,27)24-18-7-6-17(21)28-18)14(20)10-15(13)23-8-4-2-1-3-5-12(25)11-22;/h2*6-7,9-10,12,23-25H,1-5,8,11,22H2;1H4/t2*12-;/m10./s1. The Morgan fingerprint density at radius 2 is 0.949 bits per heavy atom. The summed E-state index contributed by atoms with van der Waals surface area (Å²) in [5.74, 6) is -1.92. The number of hydrogen-bond acceptors (Lipinski definition) is 12. The molecule has 0 fully saturated rings. The second-order valence-corrected chi connectivity index (χ2v) is 19.2. The second kappa shape index (κ2) is 25.8. The molecule has 2 heterocycles. The van der Waals surface area contributed by atoms with Crippen molar-refractivity contribution in [2.45, 2.75) is 93.6 Å². The lowest BCUT2D eigenvalue weighted by Gasteiger charge is -2.12. The van der Waals surface area contributed by atoms with Crippen molar-refractivity contribution in [2.24, 2.45) is 11.5 Å². The van der Waals surface area contributed by atoms with Crippen molar-refractivity contribution in [3.05, 3.63) is 80.5 Å². The number of aliphatic hydroxyl groups excluding tert-OH is 2. The van der Waals surface area contributed by atoms with Crippen LogP contribution in [0.25, 0.3) is 0 Å². The predicted molar refractivity (Wildman–Crippen MR) is 233 cm³/mol. The van der Waals surface area contributed by atoms with Crippen molar-refractivity contribution in [3.63, 3.8) is 0 Å². The van der Waals surface area contributed by atoms with Gasteiger partial charge in [-0.3, -0.25) is 9.44 Å². The van der Waals surface area contributed by atoms with Crippen molar-refractivity contribution < 1.29 is 44.6 Å². The molecule has 59 heavy (non-hydrogen) atoms. The van der Waals surface area contributed by atoms with Crippen molar-refractivity contribution in [1.29, 1.82) is 0 Å². The molecule has 2 aromatic heterocycles. The first-order valence-corrected chi connectivity index (χ1v) is 23.6. The highest BCUT2D eigenvalue weighted by molar-refractivity contribution is 7.93. The van der Waals surface area contributed by atoms with Gasteiger partial charge in [-0.05, 0) is 74.2 Å². The monoisotopic (exact) mass is 950 g/mol. The summed E-state index contributed by atoms with van der Waals surface area (Å²) in [5.41, 5.74) is 11.3. The number of anilines is 4. The van der Waals surface area contributed by atoms with Crippen LogP contribution in [-0.2, 0) is 20.0 Å². The molecule has 0 spiro atoms. The van der Waals surface area contributed by atoms with Gasteiger partial charge in [-0.25, -0.2) is 25.6 Å². The molecule has 12 nitrogen and oxygen atoms in total. The van der Waals surface area contributed by atoms with E-state index < -0.39 is 63.9 Å². The largest absolute Gasteiger partial charge is 0.392 e. The number of halogens is 6. The molecule has 0 saturated heterocycles. The molecule has 0 bridgehead atoms. The normalized spacial score (nSPS) is 12.5.